The van der Waals surface area contributed by atoms with Gasteiger partial charge in [-0.1, -0.05) is 51.1 Å². The molecule has 0 N–H and O–H groups in total. The van der Waals surface area contributed by atoms with E-state index >= 15 is 0 Å². The van der Waals surface area contributed by atoms with Crippen molar-refractivity contribution in [2.45, 2.75) is 64.0 Å². The van der Waals surface area contributed by atoms with Crippen molar-refractivity contribution in [1.29, 1.82) is 0 Å². The Morgan fingerprint density at radius 3 is 2.35 bits per heavy atom. The van der Waals surface area contributed by atoms with E-state index in [1.807, 2.05) is 7.11 Å². The van der Waals surface area contributed by atoms with Crippen molar-refractivity contribution in [3.8, 4) is 0 Å². The lowest BCUT2D eigenvalue weighted by Crippen LogP contribution is -2.72. The molecule has 4 heteroatoms. The van der Waals surface area contributed by atoms with Crippen molar-refractivity contribution >= 4 is 8.32 Å². The van der Waals surface area contributed by atoms with Gasteiger partial charge in [0.05, 0.1) is 18.2 Å². The fourth-order valence-electron chi connectivity index (χ4n) is 2.80. The van der Waals surface area contributed by atoms with Gasteiger partial charge in [-0.15, -0.1) is 0 Å². The maximum absolute atomic E-state index is 6.52. The van der Waals surface area contributed by atoms with E-state index in [0.717, 1.165) is 19.7 Å². The van der Waals surface area contributed by atoms with Crippen molar-refractivity contribution in [2.75, 3.05) is 20.3 Å². The van der Waals surface area contributed by atoms with Crippen LogP contribution in [0.3, 0.4) is 0 Å². The van der Waals surface area contributed by atoms with Crippen LogP contribution in [0, 0.1) is 0 Å². The average Bonchev–Trinajstić information content (AvgIpc) is 2.48. The summed E-state index contributed by atoms with van der Waals surface area (Å²) in [4.78, 5) is 2.49. The molecule has 0 radical (unpaired) electrons. The van der Waals surface area contributed by atoms with Gasteiger partial charge in [0.25, 0.3) is 0 Å². The number of methoxy groups -OCH3 is 1. The molecule has 2 atom stereocenters. The highest BCUT2D eigenvalue weighted by Gasteiger charge is 2.51. The summed E-state index contributed by atoms with van der Waals surface area (Å²) in [6, 6.07) is 10.7. The zero-order valence-corrected chi connectivity index (χ0v) is 16.8. The molecule has 0 amide bonds. The first-order valence-corrected chi connectivity index (χ1v) is 11.5. The Bertz CT molecular complexity index is 512. The number of ether oxygens (including phenoxy) is 1. The predicted octanol–water partition coefficient (Wildman–Crippen LogP) is 4.30. The van der Waals surface area contributed by atoms with Crippen LogP contribution in [-0.2, 0) is 15.7 Å². The maximum atomic E-state index is 6.52. The predicted molar refractivity (Wildman–Crippen MR) is 99.2 cm³/mol. The van der Waals surface area contributed by atoms with Crippen LogP contribution in [0.2, 0.25) is 18.1 Å². The van der Waals surface area contributed by atoms with E-state index in [1.165, 1.54) is 5.56 Å². The first-order chi connectivity index (χ1) is 10.6. The van der Waals surface area contributed by atoms with Gasteiger partial charge in [0, 0.05) is 20.2 Å². The third kappa shape index (κ3) is 3.87. The molecule has 1 aliphatic rings. The lowest BCUT2D eigenvalue weighted by molar-refractivity contribution is -0.164. The summed E-state index contributed by atoms with van der Waals surface area (Å²) < 4.78 is 12.2. The van der Waals surface area contributed by atoms with Gasteiger partial charge in [0.2, 0.25) is 0 Å². The van der Waals surface area contributed by atoms with Crippen LogP contribution in [0.5, 0.6) is 0 Å². The molecule has 0 bridgehead atoms. The highest BCUT2D eigenvalue weighted by Crippen LogP contribution is 2.40. The molecule has 1 saturated heterocycles. The second-order valence-electron chi connectivity index (χ2n) is 8.50. The molecule has 23 heavy (non-hydrogen) atoms. The van der Waals surface area contributed by atoms with Crippen molar-refractivity contribution in [3.63, 3.8) is 0 Å². The Morgan fingerprint density at radius 1 is 1.22 bits per heavy atom. The summed E-state index contributed by atoms with van der Waals surface area (Å²) in [6.45, 7) is 16.5. The molecule has 2 rings (SSSR count). The fourth-order valence-corrected chi connectivity index (χ4v) is 3.89. The van der Waals surface area contributed by atoms with Crippen LogP contribution in [0.4, 0.5) is 0 Å². The molecule has 1 heterocycles. The van der Waals surface area contributed by atoms with E-state index < -0.39 is 8.32 Å². The van der Waals surface area contributed by atoms with E-state index in [4.69, 9.17) is 9.16 Å². The lowest BCUT2D eigenvalue weighted by atomic mass is 9.83. The number of nitrogens with zero attached hydrogens (tertiary/aromatic N) is 1. The van der Waals surface area contributed by atoms with Gasteiger partial charge in [-0.05, 0) is 30.6 Å². The summed E-state index contributed by atoms with van der Waals surface area (Å²) in [7, 11) is 0.0713. The Morgan fingerprint density at radius 2 is 1.83 bits per heavy atom. The summed E-state index contributed by atoms with van der Waals surface area (Å²) in [5.41, 5.74) is 1.31. The minimum absolute atomic E-state index is 0.0416. The van der Waals surface area contributed by atoms with Crippen LogP contribution in [0.1, 0.15) is 33.3 Å². The monoisotopic (exact) mass is 335 g/mol. The first kappa shape index (κ1) is 18.7. The van der Waals surface area contributed by atoms with E-state index in [-0.39, 0.29) is 16.7 Å². The van der Waals surface area contributed by atoms with Crippen LogP contribution in [0.15, 0.2) is 30.3 Å². The molecule has 1 aromatic carbocycles. The van der Waals surface area contributed by atoms with Gasteiger partial charge < -0.3 is 9.16 Å². The quantitative estimate of drug-likeness (QED) is 0.724. The van der Waals surface area contributed by atoms with Crippen LogP contribution in [-0.4, -0.2) is 45.1 Å². The van der Waals surface area contributed by atoms with E-state index in [9.17, 15) is 0 Å². The SMILES string of the molecule is COC1CN(Cc2ccccc2)C1(C)CO[Si](C)(C)C(C)(C)C. The molecule has 2 unspecified atom stereocenters. The van der Waals surface area contributed by atoms with Crippen LogP contribution < -0.4 is 0 Å². The molecule has 0 saturated carbocycles. The zero-order chi connectivity index (χ0) is 17.3. The normalized spacial score (nSPS) is 26.1. The largest absolute Gasteiger partial charge is 0.415 e. The second-order valence-corrected chi connectivity index (χ2v) is 13.3. The summed E-state index contributed by atoms with van der Waals surface area (Å²) in [5, 5.41) is 0.236. The first-order valence-electron chi connectivity index (χ1n) is 8.56. The van der Waals surface area contributed by atoms with Crippen molar-refractivity contribution < 1.29 is 9.16 Å². The van der Waals surface area contributed by atoms with Gasteiger partial charge in [-0.25, -0.2) is 0 Å². The number of rotatable bonds is 6. The molecular formula is C19H33NO2Si. The Balaban J connectivity index is 2.06. The Labute approximate surface area is 143 Å². The van der Waals surface area contributed by atoms with Gasteiger partial charge in [-0.3, -0.25) is 4.90 Å². The summed E-state index contributed by atoms with van der Waals surface area (Å²) in [6.07, 6.45) is 0.246. The Kier molecular flexibility index (Phi) is 5.41. The topological polar surface area (TPSA) is 21.7 Å². The van der Waals surface area contributed by atoms with Crippen molar-refractivity contribution in [3.05, 3.63) is 35.9 Å². The summed E-state index contributed by atoms with van der Waals surface area (Å²) >= 11 is 0. The van der Waals surface area contributed by atoms with Gasteiger partial charge in [0.1, 0.15) is 0 Å². The third-order valence-corrected chi connectivity index (χ3v) is 10.3. The lowest BCUT2D eigenvalue weighted by Gasteiger charge is -2.57. The number of hydrogen-bond donors (Lipinski definition) is 0. The standard InChI is InChI=1S/C19H33NO2Si/c1-18(2,3)23(6,7)22-15-19(4)17(21-5)14-20(19)13-16-11-9-8-10-12-16/h8-12,17H,13-15H2,1-7H3. The second kappa shape index (κ2) is 6.67. The zero-order valence-electron chi connectivity index (χ0n) is 15.8. The summed E-state index contributed by atoms with van der Waals surface area (Å²) in [5.74, 6) is 0. The van der Waals surface area contributed by atoms with E-state index in [0.29, 0.717) is 0 Å². The van der Waals surface area contributed by atoms with Gasteiger partial charge in [0.15, 0.2) is 8.32 Å². The molecule has 0 aromatic heterocycles. The third-order valence-electron chi connectivity index (χ3n) is 5.83. The highest BCUT2D eigenvalue weighted by atomic mass is 28.4. The van der Waals surface area contributed by atoms with E-state index in [2.05, 4.69) is 76.0 Å². The van der Waals surface area contributed by atoms with Crippen molar-refractivity contribution in [2.24, 2.45) is 0 Å². The molecule has 1 aliphatic heterocycles. The minimum Gasteiger partial charge on any atom is -0.415 e. The number of benzene rings is 1. The van der Waals surface area contributed by atoms with Gasteiger partial charge in [-0.2, -0.15) is 0 Å². The molecule has 3 nitrogen and oxygen atoms in total. The average molecular weight is 336 g/mol. The maximum Gasteiger partial charge on any atom is 0.192 e. The van der Waals surface area contributed by atoms with Crippen LogP contribution in [0.25, 0.3) is 0 Å². The molecule has 1 aromatic rings. The molecular weight excluding hydrogens is 302 g/mol. The number of likely N-dealkylation sites (tertiary alicyclic amines) is 1. The number of hydrogen-bond acceptors (Lipinski definition) is 3. The molecule has 0 aliphatic carbocycles. The minimum atomic E-state index is -1.74. The van der Waals surface area contributed by atoms with Crippen molar-refractivity contribution in [1.82, 2.24) is 4.90 Å². The molecule has 1 fully saturated rings. The molecule has 130 valence electrons. The molecule has 0 spiro atoms. The smallest absolute Gasteiger partial charge is 0.192 e. The van der Waals surface area contributed by atoms with E-state index in [1.54, 1.807) is 0 Å². The fraction of sp³-hybridized carbons (Fsp3) is 0.684. The van der Waals surface area contributed by atoms with Gasteiger partial charge >= 0.3 is 0 Å². The highest BCUT2D eigenvalue weighted by molar-refractivity contribution is 6.74. The Hall–Kier alpha value is -0.683. The van der Waals surface area contributed by atoms with Crippen LogP contribution >= 0.6 is 0 Å².